The van der Waals surface area contributed by atoms with E-state index in [-0.39, 0.29) is 0 Å². The van der Waals surface area contributed by atoms with Crippen molar-refractivity contribution in [2.75, 3.05) is 19.6 Å². The molecule has 1 aromatic rings. The van der Waals surface area contributed by atoms with Crippen LogP contribution in [0.1, 0.15) is 42.9 Å². The number of rotatable bonds is 5. The Balaban J connectivity index is 1.70. The summed E-state index contributed by atoms with van der Waals surface area (Å²) in [6.45, 7) is 5.22. The Hall–Kier alpha value is -1.55. The number of nitrogens with one attached hydrogen (secondary N) is 1. The fourth-order valence-electron chi connectivity index (χ4n) is 2.94. The third kappa shape index (κ3) is 3.97. The molecule has 3 rings (SSSR count). The van der Waals surface area contributed by atoms with Crippen LogP contribution in [0.15, 0.2) is 29.3 Å². The summed E-state index contributed by atoms with van der Waals surface area (Å²) in [5, 5.41) is 3.27. The number of aliphatic imine (C=N–C) groups is 1. The number of nitrogens with zero attached hydrogens (tertiary/aromatic N) is 2. The fraction of sp³-hybridized carbons (Fsp3) is 0.588. The zero-order valence-corrected chi connectivity index (χ0v) is 12.9. The van der Waals surface area contributed by atoms with Crippen LogP contribution in [0.25, 0.3) is 0 Å². The second kappa shape index (κ2) is 6.48. The van der Waals surface area contributed by atoms with Crippen LogP contribution in [0, 0.1) is 6.92 Å². The van der Waals surface area contributed by atoms with E-state index in [0.717, 1.165) is 6.54 Å². The quantitative estimate of drug-likeness (QED) is 0.644. The first-order valence-corrected chi connectivity index (χ1v) is 8.09. The fourth-order valence-corrected chi connectivity index (χ4v) is 2.94. The lowest BCUT2D eigenvalue weighted by molar-refractivity contribution is 0.251. The van der Waals surface area contributed by atoms with E-state index in [0.29, 0.717) is 18.0 Å². The largest absolute Gasteiger partial charge is 0.370 e. The highest BCUT2D eigenvalue weighted by atomic mass is 15.2. The topological polar surface area (TPSA) is 53.6 Å². The summed E-state index contributed by atoms with van der Waals surface area (Å²) < 4.78 is 0. The number of aryl methyl sites for hydroxylation is 1. The van der Waals surface area contributed by atoms with Crippen LogP contribution in [0.2, 0.25) is 0 Å². The number of hydrogen-bond donors (Lipinski definition) is 2. The molecule has 21 heavy (non-hydrogen) atoms. The minimum Gasteiger partial charge on any atom is -0.370 e. The van der Waals surface area contributed by atoms with E-state index in [4.69, 9.17) is 5.73 Å². The summed E-state index contributed by atoms with van der Waals surface area (Å²) in [6.07, 6.45) is 5.04. The molecule has 0 amide bonds. The van der Waals surface area contributed by atoms with Crippen LogP contribution >= 0.6 is 0 Å². The maximum absolute atomic E-state index is 5.98. The average molecular weight is 286 g/mol. The van der Waals surface area contributed by atoms with E-state index in [1.807, 2.05) is 0 Å². The molecule has 0 aromatic heterocycles. The Morgan fingerprint density at radius 2 is 1.95 bits per heavy atom. The molecule has 1 saturated carbocycles. The zero-order chi connectivity index (χ0) is 14.7. The lowest BCUT2D eigenvalue weighted by atomic mass is 10.0. The third-order valence-electron chi connectivity index (χ3n) is 4.41. The summed E-state index contributed by atoms with van der Waals surface area (Å²) in [6, 6.07) is 9.77. The van der Waals surface area contributed by atoms with Gasteiger partial charge in [0.2, 0.25) is 0 Å². The molecule has 2 aliphatic rings. The maximum Gasteiger partial charge on any atom is 0.188 e. The van der Waals surface area contributed by atoms with Gasteiger partial charge >= 0.3 is 0 Å². The molecule has 4 nitrogen and oxygen atoms in total. The van der Waals surface area contributed by atoms with Crippen molar-refractivity contribution in [1.29, 1.82) is 0 Å². The predicted octanol–water partition coefficient (Wildman–Crippen LogP) is 2.20. The Labute approximate surface area is 127 Å². The van der Waals surface area contributed by atoms with Crippen molar-refractivity contribution in [2.45, 2.75) is 44.7 Å². The monoisotopic (exact) mass is 286 g/mol. The van der Waals surface area contributed by atoms with E-state index in [1.165, 1.54) is 49.9 Å². The van der Waals surface area contributed by atoms with Gasteiger partial charge in [-0.05, 0) is 51.3 Å². The Kier molecular flexibility index (Phi) is 4.44. The van der Waals surface area contributed by atoms with E-state index in [2.05, 4.69) is 46.4 Å². The van der Waals surface area contributed by atoms with Gasteiger partial charge in [-0.25, -0.2) is 0 Å². The number of hydrogen-bond acceptors (Lipinski definition) is 2. The molecule has 1 saturated heterocycles. The molecule has 1 unspecified atom stereocenters. The highest BCUT2D eigenvalue weighted by molar-refractivity contribution is 5.78. The standard InChI is InChI=1S/C17H26N4/c1-13-4-6-14(7-5-13)16(21-10-2-3-11-21)12-19-17(18)20-15-8-9-15/h4-7,15-16H,2-3,8-12H2,1H3,(H3,18,19,20). The lowest BCUT2D eigenvalue weighted by Gasteiger charge is -2.26. The Morgan fingerprint density at radius 1 is 1.29 bits per heavy atom. The van der Waals surface area contributed by atoms with Gasteiger partial charge in [-0.2, -0.15) is 0 Å². The number of benzene rings is 1. The third-order valence-corrected chi connectivity index (χ3v) is 4.41. The molecule has 4 heteroatoms. The first-order valence-electron chi connectivity index (χ1n) is 8.09. The van der Waals surface area contributed by atoms with Crippen LogP contribution in [-0.2, 0) is 0 Å². The molecule has 2 fully saturated rings. The van der Waals surface area contributed by atoms with Gasteiger partial charge < -0.3 is 11.1 Å². The van der Waals surface area contributed by atoms with Crippen molar-refractivity contribution >= 4 is 5.96 Å². The number of guanidine groups is 1. The average Bonchev–Trinajstić information content (AvgIpc) is 3.12. The zero-order valence-electron chi connectivity index (χ0n) is 12.9. The van der Waals surface area contributed by atoms with E-state index in [1.54, 1.807) is 0 Å². The molecule has 1 aliphatic carbocycles. The van der Waals surface area contributed by atoms with Crippen molar-refractivity contribution in [3.63, 3.8) is 0 Å². The lowest BCUT2D eigenvalue weighted by Crippen LogP contribution is -2.35. The van der Waals surface area contributed by atoms with Gasteiger partial charge in [-0.15, -0.1) is 0 Å². The number of nitrogens with two attached hydrogens (primary N) is 1. The van der Waals surface area contributed by atoms with Crippen LogP contribution in [0.5, 0.6) is 0 Å². The van der Waals surface area contributed by atoms with Crippen LogP contribution in [-0.4, -0.2) is 36.5 Å². The molecular weight excluding hydrogens is 260 g/mol. The molecule has 1 aliphatic heterocycles. The van der Waals surface area contributed by atoms with Gasteiger partial charge in [0.15, 0.2) is 5.96 Å². The summed E-state index contributed by atoms with van der Waals surface area (Å²) in [5.74, 6) is 0.605. The van der Waals surface area contributed by atoms with Gasteiger partial charge in [-0.3, -0.25) is 9.89 Å². The van der Waals surface area contributed by atoms with Gasteiger partial charge in [0, 0.05) is 6.04 Å². The highest BCUT2D eigenvalue weighted by Gasteiger charge is 2.24. The molecule has 114 valence electrons. The van der Waals surface area contributed by atoms with Crippen molar-refractivity contribution in [3.8, 4) is 0 Å². The molecule has 1 aromatic carbocycles. The van der Waals surface area contributed by atoms with E-state index < -0.39 is 0 Å². The predicted molar refractivity (Wildman–Crippen MR) is 87.4 cm³/mol. The first kappa shape index (κ1) is 14.4. The first-order chi connectivity index (χ1) is 10.2. The molecule has 3 N–H and O–H groups in total. The van der Waals surface area contributed by atoms with E-state index in [9.17, 15) is 0 Å². The molecular formula is C17H26N4. The number of likely N-dealkylation sites (tertiary alicyclic amines) is 1. The SMILES string of the molecule is Cc1ccc(C(CN=C(N)NC2CC2)N2CCCC2)cc1. The van der Waals surface area contributed by atoms with Crippen molar-refractivity contribution in [2.24, 2.45) is 10.7 Å². The summed E-state index contributed by atoms with van der Waals surface area (Å²) >= 11 is 0. The van der Waals surface area contributed by atoms with Gasteiger partial charge in [-0.1, -0.05) is 29.8 Å². The smallest absolute Gasteiger partial charge is 0.188 e. The minimum absolute atomic E-state index is 0.354. The minimum atomic E-state index is 0.354. The van der Waals surface area contributed by atoms with Gasteiger partial charge in [0.25, 0.3) is 0 Å². The van der Waals surface area contributed by atoms with Crippen LogP contribution in [0.4, 0.5) is 0 Å². The second-order valence-electron chi connectivity index (χ2n) is 6.31. The van der Waals surface area contributed by atoms with Crippen molar-refractivity contribution in [3.05, 3.63) is 35.4 Å². The maximum atomic E-state index is 5.98. The molecule has 1 heterocycles. The summed E-state index contributed by atoms with van der Waals surface area (Å²) in [7, 11) is 0. The second-order valence-corrected chi connectivity index (χ2v) is 6.31. The highest BCUT2D eigenvalue weighted by Crippen LogP contribution is 2.26. The summed E-state index contributed by atoms with van der Waals surface area (Å²) in [5.41, 5.74) is 8.64. The van der Waals surface area contributed by atoms with Crippen LogP contribution < -0.4 is 11.1 Å². The molecule has 0 bridgehead atoms. The normalized spacial score (nSPS) is 21.5. The Morgan fingerprint density at radius 3 is 2.57 bits per heavy atom. The molecule has 0 spiro atoms. The molecule has 1 atom stereocenters. The van der Waals surface area contributed by atoms with Gasteiger partial charge in [0.1, 0.15) is 0 Å². The van der Waals surface area contributed by atoms with Crippen LogP contribution in [0.3, 0.4) is 0 Å². The Bertz CT molecular complexity index is 484. The van der Waals surface area contributed by atoms with Gasteiger partial charge in [0.05, 0.1) is 12.6 Å². The van der Waals surface area contributed by atoms with Crippen molar-refractivity contribution in [1.82, 2.24) is 10.2 Å². The summed E-state index contributed by atoms with van der Waals surface area (Å²) in [4.78, 5) is 7.13. The van der Waals surface area contributed by atoms with E-state index >= 15 is 0 Å². The van der Waals surface area contributed by atoms with Crippen molar-refractivity contribution < 1.29 is 0 Å². The molecule has 0 radical (unpaired) electrons.